The van der Waals surface area contributed by atoms with Crippen molar-refractivity contribution in [3.63, 3.8) is 0 Å². The minimum absolute atomic E-state index is 0.0924. The topological polar surface area (TPSA) is 71.5 Å². The molecule has 1 N–H and O–H groups in total. The Morgan fingerprint density at radius 1 is 1.29 bits per heavy atom. The number of rotatable bonds is 4. The number of morpholine rings is 1. The quantitative estimate of drug-likeness (QED) is 0.920. The minimum atomic E-state index is -0.744. The second-order valence-electron chi connectivity index (χ2n) is 5.67. The number of hydrogen-bond donors (Lipinski definition) is 1. The van der Waals surface area contributed by atoms with E-state index in [9.17, 15) is 9.59 Å². The minimum Gasteiger partial charge on any atom is -0.356 e. The fraction of sp³-hybridized carbons (Fsp3) is 0.278. The Hall–Kier alpha value is -2.73. The zero-order chi connectivity index (χ0) is 16.9. The SMILES string of the molecule is CN1C(=O)COC(C(=O)NCc2cccnc2)C1c1ccccc1. The van der Waals surface area contributed by atoms with Crippen LogP contribution in [0, 0.1) is 0 Å². The first-order valence-corrected chi connectivity index (χ1v) is 7.75. The molecule has 3 rings (SSSR count). The Bertz CT molecular complexity index is 706. The van der Waals surface area contributed by atoms with Gasteiger partial charge in [-0.2, -0.15) is 0 Å². The summed E-state index contributed by atoms with van der Waals surface area (Å²) in [7, 11) is 1.70. The van der Waals surface area contributed by atoms with Crippen LogP contribution in [0.15, 0.2) is 54.9 Å². The standard InChI is InChI=1S/C18H19N3O3/c1-21-15(22)12-24-17(16(21)14-7-3-2-4-8-14)18(23)20-11-13-6-5-9-19-10-13/h2-10,16-17H,11-12H2,1H3,(H,20,23). The van der Waals surface area contributed by atoms with Gasteiger partial charge in [-0.15, -0.1) is 0 Å². The van der Waals surface area contributed by atoms with Crippen molar-refractivity contribution in [1.82, 2.24) is 15.2 Å². The van der Waals surface area contributed by atoms with Crippen LogP contribution in [0.1, 0.15) is 17.2 Å². The maximum atomic E-state index is 12.6. The van der Waals surface area contributed by atoms with Crippen LogP contribution < -0.4 is 5.32 Å². The number of likely N-dealkylation sites (N-methyl/N-ethyl adjacent to an activating group) is 1. The highest BCUT2D eigenvalue weighted by Crippen LogP contribution is 2.29. The lowest BCUT2D eigenvalue weighted by molar-refractivity contribution is -0.162. The summed E-state index contributed by atoms with van der Waals surface area (Å²) in [5.41, 5.74) is 1.77. The summed E-state index contributed by atoms with van der Waals surface area (Å²) in [6.07, 6.45) is 2.64. The zero-order valence-corrected chi connectivity index (χ0v) is 13.4. The molecule has 1 aromatic heterocycles. The van der Waals surface area contributed by atoms with Gasteiger partial charge in [-0.25, -0.2) is 0 Å². The molecule has 24 heavy (non-hydrogen) atoms. The lowest BCUT2D eigenvalue weighted by Crippen LogP contribution is -2.52. The van der Waals surface area contributed by atoms with E-state index in [2.05, 4.69) is 10.3 Å². The molecule has 2 aromatic rings. The fourth-order valence-electron chi connectivity index (χ4n) is 2.77. The number of amides is 2. The van der Waals surface area contributed by atoms with Crippen LogP contribution in [0.25, 0.3) is 0 Å². The number of hydrogen-bond acceptors (Lipinski definition) is 4. The van der Waals surface area contributed by atoms with Crippen LogP contribution >= 0.6 is 0 Å². The molecule has 0 saturated carbocycles. The van der Waals surface area contributed by atoms with E-state index in [0.29, 0.717) is 6.54 Å². The third-order valence-electron chi connectivity index (χ3n) is 4.07. The molecule has 124 valence electrons. The predicted octanol–water partition coefficient (Wildman–Crippen LogP) is 1.30. The number of nitrogens with one attached hydrogen (secondary N) is 1. The predicted molar refractivity (Wildman–Crippen MR) is 87.8 cm³/mol. The second kappa shape index (κ2) is 7.23. The number of pyridine rings is 1. The van der Waals surface area contributed by atoms with Crippen molar-refractivity contribution in [3.8, 4) is 0 Å². The monoisotopic (exact) mass is 325 g/mol. The molecule has 0 bridgehead atoms. The fourth-order valence-corrected chi connectivity index (χ4v) is 2.77. The molecule has 1 aliphatic heterocycles. The van der Waals surface area contributed by atoms with Crippen molar-refractivity contribution in [1.29, 1.82) is 0 Å². The van der Waals surface area contributed by atoms with Crippen LogP contribution in [0.4, 0.5) is 0 Å². The van der Waals surface area contributed by atoms with E-state index < -0.39 is 12.1 Å². The van der Waals surface area contributed by atoms with Crippen molar-refractivity contribution in [3.05, 3.63) is 66.0 Å². The molecule has 6 heteroatoms. The van der Waals surface area contributed by atoms with Gasteiger partial charge in [0.05, 0.1) is 6.04 Å². The Kier molecular flexibility index (Phi) is 4.86. The summed E-state index contributed by atoms with van der Waals surface area (Å²) in [5, 5.41) is 2.86. The van der Waals surface area contributed by atoms with E-state index in [1.165, 1.54) is 0 Å². The summed E-state index contributed by atoms with van der Waals surface area (Å²) in [5.74, 6) is -0.382. The van der Waals surface area contributed by atoms with Crippen LogP contribution in [0.2, 0.25) is 0 Å². The van der Waals surface area contributed by atoms with Gasteiger partial charge in [-0.3, -0.25) is 14.6 Å². The van der Waals surface area contributed by atoms with E-state index >= 15 is 0 Å². The maximum absolute atomic E-state index is 12.6. The molecular formula is C18H19N3O3. The van der Waals surface area contributed by atoms with Gasteiger partial charge in [-0.05, 0) is 17.2 Å². The Morgan fingerprint density at radius 3 is 2.79 bits per heavy atom. The largest absolute Gasteiger partial charge is 0.356 e. The molecule has 6 nitrogen and oxygen atoms in total. The molecule has 2 amide bonds. The summed E-state index contributed by atoms with van der Waals surface area (Å²) < 4.78 is 5.56. The van der Waals surface area contributed by atoms with Gasteiger partial charge in [0.25, 0.3) is 5.91 Å². The first-order chi connectivity index (χ1) is 11.7. The summed E-state index contributed by atoms with van der Waals surface area (Å²) in [6, 6.07) is 12.7. The third kappa shape index (κ3) is 3.44. The van der Waals surface area contributed by atoms with Crippen molar-refractivity contribution in [2.24, 2.45) is 0 Å². The Labute approximate surface area is 140 Å². The van der Waals surface area contributed by atoms with E-state index in [4.69, 9.17) is 4.74 Å². The molecule has 1 aliphatic rings. The number of benzene rings is 1. The summed E-state index contributed by atoms with van der Waals surface area (Å²) in [6.45, 7) is 0.274. The van der Waals surface area contributed by atoms with E-state index in [-0.39, 0.29) is 18.4 Å². The average molecular weight is 325 g/mol. The van der Waals surface area contributed by atoms with Crippen LogP contribution in [0.3, 0.4) is 0 Å². The van der Waals surface area contributed by atoms with Gasteiger partial charge >= 0.3 is 0 Å². The van der Waals surface area contributed by atoms with Crippen molar-refractivity contribution >= 4 is 11.8 Å². The lowest BCUT2D eigenvalue weighted by atomic mass is 9.97. The van der Waals surface area contributed by atoms with Gasteiger partial charge in [0.1, 0.15) is 6.61 Å². The molecular weight excluding hydrogens is 306 g/mol. The molecule has 0 aliphatic carbocycles. The molecule has 2 heterocycles. The second-order valence-corrected chi connectivity index (χ2v) is 5.67. The van der Waals surface area contributed by atoms with Crippen molar-refractivity contribution in [2.45, 2.75) is 18.7 Å². The first kappa shape index (κ1) is 16.1. The van der Waals surface area contributed by atoms with Crippen LogP contribution in [0.5, 0.6) is 0 Å². The molecule has 0 spiro atoms. The van der Waals surface area contributed by atoms with Gasteiger partial charge in [-0.1, -0.05) is 36.4 Å². The highest BCUT2D eigenvalue weighted by molar-refractivity contribution is 5.86. The average Bonchev–Trinajstić information content (AvgIpc) is 2.63. The number of carbonyl (C=O) groups is 2. The molecule has 2 unspecified atom stereocenters. The number of carbonyl (C=O) groups excluding carboxylic acids is 2. The lowest BCUT2D eigenvalue weighted by Gasteiger charge is -2.38. The first-order valence-electron chi connectivity index (χ1n) is 7.75. The van der Waals surface area contributed by atoms with Crippen molar-refractivity contribution < 1.29 is 14.3 Å². The Morgan fingerprint density at radius 2 is 2.08 bits per heavy atom. The molecule has 1 aromatic carbocycles. The Balaban J connectivity index is 1.76. The highest BCUT2D eigenvalue weighted by Gasteiger charge is 2.39. The van der Waals surface area contributed by atoms with Crippen LogP contribution in [-0.2, 0) is 20.9 Å². The smallest absolute Gasteiger partial charge is 0.251 e. The third-order valence-corrected chi connectivity index (χ3v) is 4.07. The van der Waals surface area contributed by atoms with Gasteiger partial charge in [0.15, 0.2) is 6.10 Å². The van der Waals surface area contributed by atoms with E-state index in [1.807, 2.05) is 42.5 Å². The van der Waals surface area contributed by atoms with Gasteiger partial charge < -0.3 is 15.0 Å². The number of ether oxygens (including phenoxy) is 1. The van der Waals surface area contributed by atoms with Crippen LogP contribution in [-0.4, -0.2) is 41.5 Å². The molecule has 2 atom stereocenters. The number of nitrogens with zero attached hydrogens (tertiary/aromatic N) is 2. The van der Waals surface area contributed by atoms with Crippen molar-refractivity contribution in [2.75, 3.05) is 13.7 Å². The zero-order valence-electron chi connectivity index (χ0n) is 13.4. The van der Waals surface area contributed by atoms with E-state index in [0.717, 1.165) is 11.1 Å². The normalized spacial score (nSPS) is 20.7. The number of aromatic nitrogens is 1. The molecule has 1 fully saturated rings. The maximum Gasteiger partial charge on any atom is 0.251 e. The van der Waals surface area contributed by atoms with Gasteiger partial charge in [0, 0.05) is 26.0 Å². The highest BCUT2D eigenvalue weighted by atomic mass is 16.5. The summed E-state index contributed by atoms with van der Waals surface area (Å²) >= 11 is 0. The molecule has 1 saturated heterocycles. The summed E-state index contributed by atoms with van der Waals surface area (Å²) in [4.78, 5) is 30.2. The molecule has 0 radical (unpaired) electrons. The van der Waals surface area contributed by atoms with E-state index in [1.54, 1.807) is 24.3 Å². The van der Waals surface area contributed by atoms with Gasteiger partial charge in [0.2, 0.25) is 5.91 Å².